The van der Waals surface area contributed by atoms with Crippen molar-refractivity contribution >= 4 is 39.2 Å². The van der Waals surface area contributed by atoms with Crippen molar-refractivity contribution in [1.82, 2.24) is 9.55 Å². The van der Waals surface area contributed by atoms with Gasteiger partial charge in [0.1, 0.15) is 4.83 Å². The molecule has 1 aliphatic carbocycles. The largest absolute Gasteiger partial charge is 0.369 e. The van der Waals surface area contributed by atoms with Crippen LogP contribution in [0.5, 0.6) is 0 Å². The lowest BCUT2D eigenvalue weighted by Gasteiger charge is -2.15. The number of hydrogen-bond acceptors (Lipinski definition) is 5. The lowest BCUT2D eigenvalue weighted by atomic mass is 10.2. The molecule has 1 aliphatic rings. The summed E-state index contributed by atoms with van der Waals surface area (Å²) in [5, 5.41) is 0.978. The van der Waals surface area contributed by atoms with E-state index in [1.165, 1.54) is 22.2 Å². The summed E-state index contributed by atoms with van der Waals surface area (Å²) >= 11 is 2.90. The summed E-state index contributed by atoms with van der Waals surface area (Å²) in [5.41, 5.74) is 6.60. The first-order valence-electron chi connectivity index (χ1n) is 7.89. The second kappa shape index (κ2) is 6.28. The van der Waals surface area contributed by atoms with E-state index >= 15 is 0 Å². The van der Waals surface area contributed by atoms with Gasteiger partial charge in [0.05, 0.1) is 10.6 Å². The Labute approximate surface area is 143 Å². The third-order valence-corrected chi connectivity index (χ3v) is 6.31. The van der Waals surface area contributed by atoms with Gasteiger partial charge >= 0.3 is 0 Å². The SMILES string of the molecule is CC(C)Cn1c(S[C@H](C)C(N)=O)nc2sc3c(c2c1=O)CCC3. The Morgan fingerprint density at radius 1 is 1.39 bits per heavy atom. The van der Waals surface area contributed by atoms with Crippen LogP contribution >= 0.6 is 23.1 Å². The number of thioether (sulfide) groups is 1. The zero-order valence-corrected chi connectivity index (χ0v) is 15.2. The van der Waals surface area contributed by atoms with Gasteiger partial charge in [-0.15, -0.1) is 11.3 Å². The maximum atomic E-state index is 13.1. The number of carbonyl (C=O) groups excluding carboxylic acids is 1. The maximum Gasteiger partial charge on any atom is 0.263 e. The molecule has 2 heterocycles. The lowest BCUT2D eigenvalue weighted by molar-refractivity contribution is -0.117. The topological polar surface area (TPSA) is 78.0 Å². The number of amides is 1. The van der Waals surface area contributed by atoms with E-state index in [4.69, 9.17) is 10.7 Å². The Morgan fingerprint density at radius 2 is 2.13 bits per heavy atom. The van der Waals surface area contributed by atoms with Crippen LogP contribution in [0.1, 0.15) is 37.6 Å². The normalized spacial score (nSPS) is 15.3. The Hall–Kier alpha value is -1.34. The van der Waals surface area contributed by atoms with E-state index < -0.39 is 11.2 Å². The molecule has 2 aromatic rings. The van der Waals surface area contributed by atoms with Crippen molar-refractivity contribution in [3.63, 3.8) is 0 Å². The molecule has 0 radical (unpaired) electrons. The molecule has 0 unspecified atom stereocenters. The Morgan fingerprint density at radius 3 is 2.78 bits per heavy atom. The molecular formula is C16H21N3O2S2. The van der Waals surface area contributed by atoms with E-state index in [-0.39, 0.29) is 5.56 Å². The molecule has 0 fully saturated rings. The molecule has 0 saturated heterocycles. The van der Waals surface area contributed by atoms with Crippen molar-refractivity contribution in [2.75, 3.05) is 0 Å². The van der Waals surface area contributed by atoms with Crippen molar-refractivity contribution < 1.29 is 4.79 Å². The van der Waals surface area contributed by atoms with Gasteiger partial charge in [-0.05, 0) is 37.7 Å². The van der Waals surface area contributed by atoms with Gasteiger partial charge in [-0.25, -0.2) is 4.98 Å². The second-order valence-corrected chi connectivity index (χ2v) is 8.80. The minimum Gasteiger partial charge on any atom is -0.369 e. The third-order valence-electron chi connectivity index (χ3n) is 4.02. The minimum absolute atomic E-state index is 0.0299. The first kappa shape index (κ1) is 16.5. The number of rotatable bonds is 5. The number of aromatic nitrogens is 2. The summed E-state index contributed by atoms with van der Waals surface area (Å²) in [4.78, 5) is 31.3. The molecule has 3 rings (SSSR count). The molecule has 124 valence electrons. The maximum absolute atomic E-state index is 13.1. The number of hydrogen-bond donors (Lipinski definition) is 1. The molecule has 0 aromatic carbocycles. The lowest BCUT2D eigenvalue weighted by Crippen LogP contribution is -2.28. The van der Waals surface area contributed by atoms with E-state index in [0.717, 1.165) is 29.5 Å². The van der Waals surface area contributed by atoms with Crippen LogP contribution in [0.3, 0.4) is 0 Å². The van der Waals surface area contributed by atoms with Crippen LogP contribution in [-0.4, -0.2) is 20.7 Å². The molecule has 1 amide bonds. The van der Waals surface area contributed by atoms with Crippen molar-refractivity contribution in [3.05, 3.63) is 20.8 Å². The highest BCUT2D eigenvalue weighted by Gasteiger charge is 2.24. The van der Waals surface area contributed by atoms with Gasteiger partial charge < -0.3 is 5.73 Å². The Balaban J connectivity index is 2.17. The predicted octanol–water partition coefficient (Wildman–Crippen LogP) is 2.57. The average molecular weight is 351 g/mol. The smallest absolute Gasteiger partial charge is 0.263 e. The van der Waals surface area contributed by atoms with Crippen LogP contribution in [-0.2, 0) is 24.2 Å². The number of primary amides is 1. The molecule has 0 aliphatic heterocycles. The first-order chi connectivity index (χ1) is 10.9. The van der Waals surface area contributed by atoms with Crippen LogP contribution < -0.4 is 11.3 Å². The highest BCUT2D eigenvalue weighted by atomic mass is 32.2. The van der Waals surface area contributed by atoms with Crippen LogP contribution in [0.15, 0.2) is 9.95 Å². The molecule has 0 bridgehead atoms. The number of fused-ring (bicyclic) bond motifs is 3. The first-order valence-corrected chi connectivity index (χ1v) is 9.59. The molecule has 5 nitrogen and oxygen atoms in total. The van der Waals surface area contributed by atoms with Crippen molar-refractivity contribution in [1.29, 1.82) is 0 Å². The van der Waals surface area contributed by atoms with Gasteiger partial charge in [-0.3, -0.25) is 14.2 Å². The number of nitrogens with zero attached hydrogens (tertiary/aromatic N) is 2. The zero-order valence-electron chi connectivity index (χ0n) is 13.6. The standard InChI is InChI=1S/C16H21N3O2S2/c1-8(2)7-19-15(21)12-10-5-4-6-11(10)23-14(12)18-16(19)22-9(3)13(17)20/h8-9H,4-7H2,1-3H3,(H2,17,20)/t9-/m1/s1. The van der Waals surface area contributed by atoms with Gasteiger partial charge in [0.25, 0.3) is 5.56 Å². The molecular weight excluding hydrogens is 330 g/mol. The molecule has 0 saturated carbocycles. The van der Waals surface area contributed by atoms with E-state index in [1.807, 2.05) is 0 Å². The monoisotopic (exact) mass is 351 g/mol. The average Bonchev–Trinajstić information content (AvgIpc) is 3.02. The minimum atomic E-state index is -0.412. The second-order valence-electron chi connectivity index (χ2n) is 6.40. The molecule has 2 aromatic heterocycles. The molecule has 0 spiro atoms. The van der Waals surface area contributed by atoms with Crippen molar-refractivity contribution in [2.24, 2.45) is 11.7 Å². The zero-order chi connectivity index (χ0) is 16.7. The Kier molecular flexibility index (Phi) is 4.51. The summed E-state index contributed by atoms with van der Waals surface area (Å²) in [6.07, 6.45) is 3.13. The summed E-state index contributed by atoms with van der Waals surface area (Å²) in [6.45, 7) is 6.49. The number of nitrogens with two attached hydrogens (primary N) is 1. The van der Waals surface area contributed by atoms with Gasteiger partial charge in [0.15, 0.2) is 5.16 Å². The molecule has 2 N–H and O–H groups in total. The number of thiophene rings is 1. The van der Waals surface area contributed by atoms with E-state index in [0.29, 0.717) is 17.6 Å². The van der Waals surface area contributed by atoms with Crippen molar-refractivity contribution in [3.8, 4) is 0 Å². The van der Waals surface area contributed by atoms with Gasteiger partial charge in [0, 0.05) is 11.4 Å². The fraction of sp³-hybridized carbons (Fsp3) is 0.562. The summed E-state index contributed by atoms with van der Waals surface area (Å²) < 4.78 is 1.72. The number of aryl methyl sites for hydroxylation is 2. The summed E-state index contributed by atoms with van der Waals surface area (Å²) in [5.74, 6) is -0.0732. The van der Waals surface area contributed by atoms with E-state index in [9.17, 15) is 9.59 Å². The van der Waals surface area contributed by atoms with Crippen LogP contribution in [0.2, 0.25) is 0 Å². The fourth-order valence-electron chi connectivity index (χ4n) is 2.89. The molecule has 23 heavy (non-hydrogen) atoms. The highest BCUT2D eigenvalue weighted by molar-refractivity contribution is 8.00. The fourth-order valence-corrected chi connectivity index (χ4v) is 5.06. The van der Waals surface area contributed by atoms with Crippen LogP contribution in [0, 0.1) is 5.92 Å². The van der Waals surface area contributed by atoms with Crippen LogP contribution in [0.4, 0.5) is 0 Å². The molecule has 7 heteroatoms. The highest BCUT2D eigenvalue weighted by Crippen LogP contribution is 2.36. The molecule has 1 atom stereocenters. The number of carbonyl (C=O) groups is 1. The predicted molar refractivity (Wildman–Crippen MR) is 95.3 cm³/mol. The van der Waals surface area contributed by atoms with Gasteiger partial charge in [-0.1, -0.05) is 25.6 Å². The van der Waals surface area contributed by atoms with Crippen LogP contribution in [0.25, 0.3) is 10.2 Å². The summed E-state index contributed by atoms with van der Waals surface area (Å²) in [6, 6.07) is 0. The summed E-state index contributed by atoms with van der Waals surface area (Å²) in [7, 11) is 0. The quantitative estimate of drug-likeness (QED) is 0.663. The Bertz CT molecular complexity index is 823. The third kappa shape index (κ3) is 3.04. The van der Waals surface area contributed by atoms with Gasteiger partial charge in [0.2, 0.25) is 5.91 Å². The van der Waals surface area contributed by atoms with Gasteiger partial charge in [-0.2, -0.15) is 0 Å². The van der Waals surface area contributed by atoms with E-state index in [1.54, 1.807) is 22.8 Å². The van der Waals surface area contributed by atoms with Crippen molar-refractivity contribution in [2.45, 2.75) is 57.0 Å². The van der Waals surface area contributed by atoms with E-state index in [2.05, 4.69) is 13.8 Å².